The third-order valence-corrected chi connectivity index (χ3v) is 1.96. The summed E-state index contributed by atoms with van der Waals surface area (Å²) >= 11 is 0. The predicted octanol–water partition coefficient (Wildman–Crippen LogP) is 3.21. The van der Waals surface area contributed by atoms with Crippen LogP contribution in [0.15, 0.2) is 30.3 Å². The molecule has 5 heteroatoms. The zero-order chi connectivity index (χ0) is 12.7. The molecule has 0 saturated heterocycles. The Hall–Kier alpha value is -1.49. The van der Waals surface area contributed by atoms with E-state index in [1.165, 1.54) is 18.2 Å². The van der Waals surface area contributed by atoms with Crippen molar-refractivity contribution >= 4 is 6.08 Å². The van der Waals surface area contributed by atoms with Gasteiger partial charge < -0.3 is 10.1 Å². The van der Waals surface area contributed by atoms with Gasteiger partial charge in [0, 0.05) is 0 Å². The van der Waals surface area contributed by atoms with Crippen LogP contribution in [0.25, 0.3) is 6.08 Å². The van der Waals surface area contributed by atoms with E-state index in [-0.39, 0.29) is 5.75 Å². The largest absolute Gasteiger partial charge is 0.573 e. The van der Waals surface area contributed by atoms with Crippen LogP contribution in [0.5, 0.6) is 5.75 Å². The lowest BCUT2D eigenvalue weighted by Crippen LogP contribution is -2.17. The molecule has 0 unspecified atom stereocenters. The van der Waals surface area contributed by atoms with Crippen LogP contribution in [0, 0.1) is 0 Å². The number of ether oxygens (including phenoxy) is 1. The molecular weight excluding hydrogens is 231 g/mol. The maximum atomic E-state index is 12.0. The molecule has 0 aliphatic heterocycles. The second-order valence-corrected chi connectivity index (χ2v) is 3.41. The van der Waals surface area contributed by atoms with Gasteiger partial charge in [-0.05, 0) is 37.7 Å². The van der Waals surface area contributed by atoms with E-state index in [1.807, 2.05) is 13.1 Å². The molecular formula is C12H14F3NO. The fraction of sp³-hybridized carbons (Fsp3) is 0.333. The van der Waals surface area contributed by atoms with Gasteiger partial charge in [-0.25, -0.2) is 0 Å². The van der Waals surface area contributed by atoms with Crippen molar-refractivity contribution in [2.45, 2.75) is 12.8 Å². The lowest BCUT2D eigenvalue weighted by molar-refractivity contribution is -0.274. The van der Waals surface area contributed by atoms with Crippen LogP contribution in [0.2, 0.25) is 0 Å². The van der Waals surface area contributed by atoms with Gasteiger partial charge in [-0.15, -0.1) is 13.2 Å². The molecule has 0 saturated carbocycles. The third-order valence-electron chi connectivity index (χ3n) is 1.96. The normalized spacial score (nSPS) is 12.0. The number of benzene rings is 1. The van der Waals surface area contributed by atoms with Gasteiger partial charge in [-0.1, -0.05) is 24.3 Å². The van der Waals surface area contributed by atoms with E-state index in [0.717, 1.165) is 13.0 Å². The topological polar surface area (TPSA) is 21.3 Å². The Morgan fingerprint density at radius 3 is 2.76 bits per heavy atom. The van der Waals surface area contributed by atoms with Crippen LogP contribution in [-0.2, 0) is 0 Å². The first-order valence-electron chi connectivity index (χ1n) is 5.18. The molecule has 0 radical (unpaired) electrons. The van der Waals surface area contributed by atoms with Crippen molar-refractivity contribution in [3.8, 4) is 5.75 Å². The summed E-state index contributed by atoms with van der Waals surface area (Å²) in [4.78, 5) is 0. The smallest absolute Gasteiger partial charge is 0.406 e. The molecule has 94 valence electrons. The van der Waals surface area contributed by atoms with E-state index in [9.17, 15) is 13.2 Å². The monoisotopic (exact) mass is 245 g/mol. The standard InChI is InChI=1S/C12H14F3NO/c1-16-8-3-2-5-10-6-4-7-11(9-10)17-12(13,14)15/h2,4-7,9,16H,3,8H2,1H3. The lowest BCUT2D eigenvalue weighted by Gasteiger charge is -2.08. The van der Waals surface area contributed by atoms with Gasteiger partial charge in [0.25, 0.3) is 0 Å². The van der Waals surface area contributed by atoms with Crippen molar-refractivity contribution in [2.75, 3.05) is 13.6 Å². The van der Waals surface area contributed by atoms with Crippen LogP contribution in [0.1, 0.15) is 12.0 Å². The van der Waals surface area contributed by atoms with Crippen LogP contribution in [-0.4, -0.2) is 20.0 Å². The number of hydrogen-bond acceptors (Lipinski definition) is 2. The van der Waals surface area contributed by atoms with Crippen LogP contribution in [0.4, 0.5) is 13.2 Å². The third kappa shape index (κ3) is 5.97. The Morgan fingerprint density at radius 1 is 1.35 bits per heavy atom. The fourth-order valence-corrected chi connectivity index (χ4v) is 1.26. The van der Waals surface area contributed by atoms with Crippen molar-refractivity contribution in [1.29, 1.82) is 0 Å². The van der Waals surface area contributed by atoms with Crippen LogP contribution < -0.4 is 10.1 Å². The van der Waals surface area contributed by atoms with E-state index >= 15 is 0 Å². The Kier molecular flexibility index (Phi) is 5.03. The van der Waals surface area contributed by atoms with Gasteiger partial charge in [0.05, 0.1) is 0 Å². The minimum atomic E-state index is -4.64. The molecule has 0 aromatic heterocycles. The van der Waals surface area contributed by atoms with Gasteiger partial charge in [0.15, 0.2) is 0 Å². The molecule has 1 aromatic carbocycles. The summed E-state index contributed by atoms with van der Waals surface area (Å²) < 4.78 is 39.8. The summed E-state index contributed by atoms with van der Waals surface area (Å²) in [6.45, 7) is 0.829. The van der Waals surface area contributed by atoms with E-state index in [2.05, 4.69) is 10.1 Å². The maximum Gasteiger partial charge on any atom is 0.573 e. The molecule has 1 aromatic rings. The molecule has 0 aliphatic rings. The number of halogens is 3. The Labute approximate surface area is 98.1 Å². The first kappa shape index (κ1) is 13.6. The van der Waals surface area contributed by atoms with Crippen LogP contribution >= 0.6 is 0 Å². The number of hydrogen-bond donors (Lipinski definition) is 1. The average molecular weight is 245 g/mol. The van der Waals surface area contributed by atoms with Crippen molar-refractivity contribution in [3.05, 3.63) is 35.9 Å². The van der Waals surface area contributed by atoms with Crippen molar-refractivity contribution < 1.29 is 17.9 Å². The quantitative estimate of drug-likeness (QED) is 0.804. The molecule has 0 atom stereocenters. The summed E-state index contributed by atoms with van der Waals surface area (Å²) in [6, 6.07) is 5.87. The molecule has 1 rings (SSSR count). The van der Waals surface area contributed by atoms with Crippen molar-refractivity contribution in [1.82, 2.24) is 5.32 Å². The van der Waals surface area contributed by atoms with E-state index in [0.29, 0.717) is 5.56 Å². The summed E-state index contributed by atoms with van der Waals surface area (Å²) in [5.74, 6) is -0.201. The Balaban J connectivity index is 2.63. The molecule has 0 fully saturated rings. The Morgan fingerprint density at radius 2 is 2.12 bits per heavy atom. The zero-order valence-electron chi connectivity index (χ0n) is 9.42. The molecule has 0 bridgehead atoms. The summed E-state index contributed by atoms with van der Waals surface area (Å²) in [5, 5.41) is 2.97. The minimum Gasteiger partial charge on any atom is -0.406 e. The highest BCUT2D eigenvalue weighted by Crippen LogP contribution is 2.23. The second kappa shape index (κ2) is 6.30. The second-order valence-electron chi connectivity index (χ2n) is 3.41. The molecule has 0 aliphatic carbocycles. The van der Waals surface area contributed by atoms with Crippen molar-refractivity contribution in [2.24, 2.45) is 0 Å². The molecule has 0 amide bonds. The molecule has 1 N–H and O–H groups in total. The average Bonchev–Trinajstić information content (AvgIpc) is 2.23. The number of nitrogens with one attached hydrogen (secondary N) is 1. The first-order chi connectivity index (χ1) is 8.01. The summed E-state index contributed by atoms with van der Waals surface area (Å²) in [6.07, 6.45) is -0.168. The van der Waals surface area contributed by atoms with E-state index in [1.54, 1.807) is 12.1 Å². The maximum absolute atomic E-state index is 12.0. The Bertz CT molecular complexity index is 374. The number of rotatable bonds is 5. The summed E-state index contributed by atoms with van der Waals surface area (Å²) in [7, 11) is 1.84. The van der Waals surface area contributed by atoms with Gasteiger partial charge >= 0.3 is 6.36 Å². The minimum absolute atomic E-state index is 0.201. The first-order valence-corrected chi connectivity index (χ1v) is 5.18. The highest BCUT2D eigenvalue weighted by molar-refractivity contribution is 5.51. The summed E-state index contributed by atoms with van der Waals surface area (Å²) in [5.41, 5.74) is 0.683. The molecule has 0 spiro atoms. The predicted molar refractivity (Wildman–Crippen MR) is 60.7 cm³/mol. The van der Waals surface area contributed by atoms with Gasteiger partial charge in [0.1, 0.15) is 5.75 Å². The van der Waals surface area contributed by atoms with E-state index in [4.69, 9.17) is 0 Å². The number of alkyl halides is 3. The SMILES string of the molecule is CNCCC=Cc1cccc(OC(F)(F)F)c1. The van der Waals surface area contributed by atoms with E-state index < -0.39 is 6.36 Å². The van der Waals surface area contributed by atoms with Gasteiger partial charge in [-0.3, -0.25) is 0 Å². The van der Waals surface area contributed by atoms with Gasteiger partial charge in [-0.2, -0.15) is 0 Å². The molecule has 17 heavy (non-hydrogen) atoms. The fourth-order valence-electron chi connectivity index (χ4n) is 1.26. The van der Waals surface area contributed by atoms with Gasteiger partial charge in [0.2, 0.25) is 0 Å². The van der Waals surface area contributed by atoms with Crippen molar-refractivity contribution in [3.63, 3.8) is 0 Å². The lowest BCUT2D eigenvalue weighted by atomic mass is 10.2. The zero-order valence-corrected chi connectivity index (χ0v) is 9.42. The molecule has 2 nitrogen and oxygen atoms in total. The highest BCUT2D eigenvalue weighted by Gasteiger charge is 2.30. The molecule has 0 heterocycles. The highest BCUT2D eigenvalue weighted by atomic mass is 19.4. The van der Waals surface area contributed by atoms with Crippen LogP contribution in [0.3, 0.4) is 0 Å².